The Balaban J connectivity index is 2.65. The van der Waals surface area contributed by atoms with Crippen LogP contribution in [0.25, 0.3) is 0 Å². The number of ether oxygens (including phenoxy) is 2. The van der Waals surface area contributed by atoms with Crippen LogP contribution in [-0.2, 0) is 6.42 Å². The highest BCUT2D eigenvalue weighted by Crippen LogP contribution is 2.30. The van der Waals surface area contributed by atoms with Gasteiger partial charge in [-0.05, 0) is 44.9 Å². The molecule has 0 saturated heterocycles. The molecule has 0 saturated carbocycles. The van der Waals surface area contributed by atoms with E-state index in [1.165, 1.54) is 5.56 Å². The lowest BCUT2D eigenvalue weighted by Crippen LogP contribution is -2.43. The maximum Gasteiger partial charge on any atom is 0.161 e. The van der Waals surface area contributed by atoms with E-state index in [0.29, 0.717) is 6.61 Å². The lowest BCUT2D eigenvalue weighted by molar-refractivity contribution is 0.161. The normalized spacial score (nSPS) is 12.3. The number of aryl methyl sites for hydroxylation is 1. The van der Waals surface area contributed by atoms with E-state index in [1.54, 1.807) is 7.11 Å². The van der Waals surface area contributed by atoms with Gasteiger partial charge in [0.05, 0.1) is 13.7 Å². The van der Waals surface area contributed by atoms with Crippen molar-refractivity contribution in [2.75, 3.05) is 20.3 Å². The molecule has 0 aliphatic rings. The van der Waals surface area contributed by atoms with Crippen LogP contribution in [0.4, 0.5) is 0 Å². The predicted molar refractivity (Wildman–Crippen MR) is 89.4 cm³/mol. The van der Waals surface area contributed by atoms with Crippen LogP contribution in [0.15, 0.2) is 18.2 Å². The van der Waals surface area contributed by atoms with Gasteiger partial charge in [-0.25, -0.2) is 0 Å². The molecule has 0 fully saturated rings. The number of benzene rings is 1. The third kappa shape index (κ3) is 6.38. The molecule has 0 radical (unpaired) electrons. The number of methoxy groups -OCH3 is 1. The summed E-state index contributed by atoms with van der Waals surface area (Å²) in [4.78, 5) is 0. The van der Waals surface area contributed by atoms with Crippen molar-refractivity contribution < 1.29 is 9.47 Å². The van der Waals surface area contributed by atoms with E-state index < -0.39 is 0 Å². The monoisotopic (exact) mass is 293 g/mol. The SMILES string of the molecule is CCc1ccc(OCC(C)(C)CNC(C)(C)C)c(OC)c1. The summed E-state index contributed by atoms with van der Waals surface area (Å²) in [7, 11) is 1.69. The Labute approximate surface area is 130 Å². The summed E-state index contributed by atoms with van der Waals surface area (Å²) < 4.78 is 11.4. The summed E-state index contributed by atoms with van der Waals surface area (Å²) in [6.07, 6.45) is 0.998. The number of nitrogens with one attached hydrogen (secondary N) is 1. The topological polar surface area (TPSA) is 30.5 Å². The molecule has 3 heteroatoms. The van der Waals surface area contributed by atoms with Gasteiger partial charge in [-0.3, -0.25) is 0 Å². The molecule has 0 atom stereocenters. The van der Waals surface area contributed by atoms with Crippen LogP contribution < -0.4 is 14.8 Å². The molecular weight excluding hydrogens is 262 g/mol. The molecule has 0 spiro atoms. The van der Waals surface area contributed by atoms with Crippen molar-refractivity contribution in [2.24, 2.45) is 5.41 Å². The highest BCUT2D eigenvalue weighted by atomic mass is 16.5. The van der Waals surface area contributed by atoms with Crippen LogP contribution in [-0.4, -0.2) is 25.8 Å². The van der Waals surface area contributed by atoms with Crippen LogP contribution in [0.5, 0.6) is 11.5 Å². The lowest BCUT2D eigenvalue weighted by atomic mass is 9.93. The predicted octanol–water partition coefficient (Wildman–Crippen LogP) is 4.05. The molecule has 1 aromatic rings. The summed E-state index contributed by atoms with van der Waals surface area (Å²) in [5, 5.41) is 3.53. The molecule has 0 aliphatic heterocycles. The fourth-order valence-corrected chi connectivity index (χ4v) is 1.88. The quantitative estimate of drug-likeness (QED) is 0.822. The van der Waals surface area contributed by atoms with Gasteiger partial charge in [0.25, 0.3) is 0 Å². The van der Waals surface area contributed by atoms with Crippen molar-refractivity contribution in [3.05, 3.63) is 23.8 Å². The summed E-state index contributed by atoms with van der Waals surface area (Å²) in [5.74, 6) is 1.63. The van der Waals surface area contributed by atoms with E-state index in [-0.39, 0.29) is 11.0 Å². The van der Waals surface area contributed by atoms with Gasteiger partial charge in [0, 0.05) is 17.5 Å². The van der Waals surface area contributed by atoms with E-state index in [2.05, 4.69) is 59.0 Å². The molecule has 0 aliphatic carbocycles. The van der Waals surface area contributed by atoms with Crippen LogP contribution in [0.1, 0.15) is 47.1 Å². The van der Waals surface area contributed by atoms with Gasteiger partial charge in [-0.15, -0.1) is 0 Å². The molecule has 120 valence electrons. The molecule has 21 heavy (non-hydrogen) atoms. The van der Waals surface area contributed by atoms with E-state index in [9.17, 15) is 0 Å². The number of hydrogen-bond acceptors (Lipinski definition) is 3. The second kappa shape index (κ2) is 7.17. The van der Waals surface area contributed by atoms with Gasteiger partial charge in [-0.2, -0.15) is 0 Å². The maximum absolute atomic E-state index is 5.99. The second-order valence-corrected chi connectivity index (χ2v) is 7.40. The van der Waals surface area contributed by atoms with Crippen LogP contribution in [0, 0.1) is 5.41 Å². The van der Waals surface area contributed by atoms with E-state index >= 15 is 0 Å². The average Bonchev–Trinajstić information content (AvgIpc) is 2.42. The van der Waals surface area contributed by atoms with Crippen molar-refractivity contribution in [2.45, 2.75) is 53.5 Å². The molecule has 3 nitrogen and oxygen atoms in total. The smallest absolute Gasteiger partial charge is 0.161 e. The summed E-state index contributed by atoms with van der Waals surface area (Å²) in [5.41, 5.74) is 1.44. The van der Waals surface area contributed by atoms with Crippen LogP contribution >= 0.6 is 0 Å². The van der Waals surface area contributed by atoms with Gasteiger partial charge < -0.3 is 14.8 Å². The first-order chi connectivity index (χ1) is 9.67. The van der Waals surface area contributed by atoms with Crippen molar-refractivity contribution >= 4 is 0 Å². The maximum atomic E-state index is 5.99. The zero-order valence-electron chi connectivity index (χ0n) is 14.7. The molecule has 1 aromatic carbocycles. The Kier molecular flexibility index (Phi) is 6.09. The van der Waals surface area contributed by atoms with Crippen LogP contribution in [0.2, 0.25) is 0 Å². The Bertz CT molecular complexity index is 447. The summed E-state index contributed by atoms with van der Waals surface area (Å²) >= 11 is 0. The Morgan fingerprint density at radius 3 is 2.24 bits per heavy atom. The highest BCUT2D eigenvalue weighted by Gasteiger charge is 2.22. The van der Waals surface area contributed by atoms with Gasteiger partial charge in [0.2, 0.25) is 0 Å². The largest absolute Gasteiger partial charge is 0.493 e. The van der Waals surface area contributed by atoms with E-state index in [0.717, 1.165) is 24.5 Å². The van der Waals surface area contributed by atoms with E-state index in [4.69, 9.17) is 9.47 Å². The van der Waals surface area contributed by atoms with Gasteiger partial charge in [0.15, 0.2) is 11.5 Å². The number of rotatable bonds is 7. The standard InChI is InChI=1S/C18H31NO2/c1-8-14-9-10-15(16(11-14)20-7)21-13-18(5,6)12-19-17(2,3)4/h9-11,19H,8,12-13H2,1-7H3. The van der Waals surface area contributed by atoms with Gasteiger partial charge in [-0.1, -0.05) is 26.8 Å². The number of hydrogen-bond donors (Lipinski definition) is 1. The zero-order chi connectivity index (χ0) is 16.1. The fraction of sp³-hybridized carbons (Fsp3) is 0.667. The van der Waals surface area contributed by atoms with Crippen molar-refractivity contribution in [1.82, 2.24) is 5.32 Å². The molecule has 1 N–H and O–H groups in total. The van der Waals surface area contributed by atoms with Gasteiger partial charge >= 0.3 is 0 Å². The Morgan fingerprint density at radius 2 is 1.71 bits per heavy atom. The Morgan fingerprint density at radius 1 is 1.05 bits per heavy atom. The fourth-order valence-electron chi connectivity index (χ4n) is 1.88. The third-order valence-electron chi connectivity index (χ3n) is 3.35. The molecular formula is C18H31NO2. The molecule has 0 bridgehead atoms. The minimum Gasteiger partial charge on any atom is -0.493 e. The molecule has 0 unspecified atom stereocenters. The highest BCUT2D eigenvalue weighted by molar-refractivity contribution is 5.43. The lowest BCUT2D eigenvalue weighted by Gasteiger charge is -2.30. The van der Waals surface area contributed by atoms with Gasteiger partial charge in [0.1, 0.15) is 0 Å². The first kappa shape index (κ1) is 17.8. The van der Waals surface area contributed by atoms with Crippen molar-refractivity contribution in [3.63, 3.8) is 0 Å². The minimum absolute atomic E-state index is 0.0573. The molecule has 0 aromatic heterocycles. The second-order valence-electron chi connectivity index (χ2n) is 7.40. The molecule has 0 amide bonds. The summed E-state index contributed by atoms with van der Waals surface area (Å²) in [6.45, 7) is 14.6. The first-order valence-electron chi connectivity index (χ1n) is 7.71. The van der Waals surface area contributed by atoms with Crippen LogP contribution in [0.3, 0.4) is 0 Å². The van der Waals surface area contributed by atoms with Crippen molar-refractivity contribution in [1.29, 1.82) is 0 Å². The minimum atomic E-state index is 0.0573. The summed E-state index contributed by atoms with van der Waals surface area (Å²) in [6, 6.07) is 6.15. The third-order valence-corrected chi connectivity index (χ3v) is 3.35. The molecule has 0 heterocycles. The Hall–Kier alpha value is -1.22. The zero-order valence-corrected chi connectivity index (χ0v) is 14.7. The average molecular weight is 293 g/mol. The molecule has 1 rings (SSSR count). The van der Waals surface area contributed by atoms with Crippen molar-refractivity contribution in [3.8, 4) is 11.5 Å². The first-order valence-corrected chi connectivity index (χ1v) is 7.71. The van der Waals surface area contributed by atoms with E-state index in [1.807, 2.05) is 6.07 Å².